The first-order valence-electron chi connectivity index (χ1n) is 8.69. The molecule has 2 aliphatic heterocycles. The lowest BCUT2D eigenvalue weighted by atomic mass is 9.74. The summed E-state index contributed by atoms with van der Waals surface area (Å²) in [4.78, 5) is 12.9. The van der Waals surface area contributed by atoms with Gasteiger partial charge in [-0.05, 0) is 50.1 Å². The van der Waals surface area contributed by atoms with Crippen LogP contribution in [0.2, 0.25) is 0 Å². The number of methoxy groups -OCH3 is 1. The van der Waals surface area contributed by atoms with Gasteiger partial charge in [0, 0.05) is 36.9 Å². The summed E-state index contributed by atoms with van der Waals surface area (Å²) in [6.07, 6.45) is 1.48. The Bertz CT molecular complexity index is 909. The van der Waals surface area contributed by atoms with Crippen molar-refractivity contribution in [2.75, 3.05) is 19.1 Å². The molecule has 6 nitrogen and oxygen atoms in total. The summed E-state index contributed by atoms with van der Waals surface area (Å²) in [5.74, 6) is 1.55. The van der Waals surface area contributed by atoms with Crippen molar-refractivity contribution in [3.8, 4) is 11.5 Å². The van der Waals surface area contributed by atoms with E-state index in [1.165, 1.54) is 11.6 Å². The van der Waals surface area contributed by atoms with Gasteiger partial charge in [-0.1, -0.05) is 0 Å². The van der Waals surface area contributed by atoms with E-state index in [0.717, 1.165) is 35.6 Å². The molecular formula is C20H22N2O4. The number of benzene rings is 2. The van der Waals surface area contributed by atoms with E-state index >= 15 is 0 Å². The zero-order valence-electron chi connectivity index (χ0n) is 15.4. The third kappa shape index (κ3) is 2.04. The topological polar surface area (TPSA) is 64.8 Å². The first-order valence-corrected chi connectivity index (χ1v) is 8.69. The summed E-state index contributed by atoms with van der Waals surface area (Å²) in [6.45, 7) is 4.37. The van der Waals surface area contributed by atoms with Gasteiger partial charge in [-0.15, -0.1) is 0 Å². The lowest BCUT2D eigenvalue weighted by Gasteiger charge is -2.48. The fourth-order valence-corrected chi connectivity index (χ4v) is 4.45. The third-order valence-corrected chi connectivity index (χ3v) is 6.02. The van der Waals surface area contributed by atoms with Gasteiger partial charge in [0.1, 0.15) is 11.5 Å². The molecule has 0 radical (unpaired) electrons. The van der Waals surface area contributed by atoms with Crippen LogP contribution in [0.25, 0.3) is 0 Å². The van der Waals surface area contributed by atoms with Crippen molar-refractivity contribution in [2.45, 2.75) is 37.8 Å². The number of nitro groups is 1. The smallest absolute Gasteiger partial charge is 0.269 e. The Morgan fingerprint density at radius 1 is 1.23 bits per heavy atom. The largest absolute Gasteiger partial charge is 0.497 e. The number of ether oxygens (including phenoxy) is 2. The predicted octanol–water partition coefficient (Wildman–Crippen LogP) is 4.05. The van der Waals surface area contributed by atoms with Gasteiger partial charge in [0.2, 0.25) is 0 Å². The molecule has 136 valence electrons. The fourth-order valence-electron chi connectivity index (χ4n) is 4.45. The first kappa shape index (κ1) is 16.7. The van der Waals surface area contributed by atoms with Crippen molar-refractivity contribution in [1.29, 1.82) is 0 Å². The summed E-state index contributed by atoms with van der Waals surface area (Å²) in [6, 6.07) is 11.0. The summed E-state index contributed by atoms with van der Waals surface area (Å²) in [7, 11) is 3.72. The molecule has 0 bridgehead atoms. The van der Waals surface area contributed by atoms with Gasteiger partial charge in [-0.2, -0.15) is 0 Å². The van der Waals surface area contributed by atoms with E-state index in [0.29, 0.717) is 0 Å². The van der Waals surface area contributed by atoms with Gasteiger partial charge in [0.05, 0.1) is 17.4 Å². The van der Waals surface area contributed by atoms with Crippen molar-refractivity contribution in [3.05, 3.63) is 57.6 Å². The molecule has 1 unspecified atom stereocenters. The first-order chi connectivity index (χ1) is 12.3. The Kier molecular flexibility index (Phi) is 3.45. The van der Waals surface area contributed by atoms with Crippen molar-refractivity contribution in [1.82, 2.24) is 0 Å². The zero-order valence-corrected chi connectivity index (χ0v) is 15.4. The Labute approximate surface area is 152 Å². The van der Waals surface area contributed by atoms with E-state index in [1.54, 1.807) is 19.2 Å². The third-order valence-electron chi connectivity index (χ3n) is 6.02. The Morgan fingerprint density at radius 2 is 2.00 bits per heavy atom. The van der Waals surface area contributed by atoms with Crippen LogP contribution in [-0.4, -0.2) is 24.8 Å². The van der Waals surface area contributed by atoms with Crippen LogP contribution in [0.1, 0.15) is 31.4 Å². The normalized spacial score (nSPS) is 22.5. The molecule has 0 aliphatic carbocycles. The van der Waals surface area contributed by atoms with Crippen LogP contribution < -0.4 is 14.4 Å². The molecule has 1 spiro atoms. The van der Waals surface area contributed by atoms with Crippen LogP contribution in [-0.2, 0) is 11.8 Å². The van der Waals surface area contributed by atoms with Crippen LogP contribution in [0.3, 0.4) is 0 Å². The number of hydrogen-bond acceptors (Lipinski definition) is 5. The molecule has 26 heavy (non-hydrogen) atoms. The second kappa shape index (κ2) is 5.37. The van der Waals surface area contributed by atoms with Crippen LogP contribution >= 0.6 is 0 Å². The molecular weight excluding hydrogens is 332 g/mol. The lowest BCUT2D eigenvalue weighted by molar-refractivity contribution is -0.385. The SMILES string of the molecule is COc1ccc2c(c1)C(C)(C)C1(CCc3cc([N+](=O)[O-])ccc3O1)N2C. The number of non-ortho nitro benzene ring substituents is 1. The van der Waals surface area contributed by atoms with E-state index in [4.69, 9.17) is 9.47 Å². The molecule has 6 heteroatoms. The van der Waals surface area contributed by atoms with E-state index < -0.39 is 5.72 Å². The molecule has 2 aliphatic rings. The second-order valence-electron chi connectivity index (χ2n) is 7.50. The number of fused-ring (bicyclic) bond motifs is 2. The fraction of sp³-hybridized carbons (Fsp3) is 0.400. The van der Waals surface area contributed by atoms with E-state index in [2.05, 4.69) is 37.9 Å². The molecule has 0 saturated carbocycles. The summed E-state index contributed by atoms with van der Waals surface area (Å²) >= 11 is 0. The van der Waals surface area contributed by atoms with Crippen LogP contribution in [0, 0.1) is 10.1 Å². The van der Waals surface area contributed by atoms with Crippen LogP contribution in [0.4, 0.5) is 11.4 Å². The Balaban J connectivity index is 1.79. The van der Waals surface area contributed by atoms with Gasteiger partial charge in [0.15, 0.2) is 5.72 Å². The number of nitrogens with zero attached hydrogens (tertiary/aromatic N) is 2. The molecule has 2 heterocycles. The number of hydrogen-bond donors (Lipinski definition) is 0. The molecule has 2 aromatic carbocycles. The molecule has 4 rings (SSSR count). The molecule has 0 aromatic heterocycles. The average Bonchev–Trinajstić information content (AvgIpc) is 2.79. The summed E-state index contributed by atoms with van der Waals surface area (Å²) in [5, 5.41) is 11.0. The number of nitro benzene ring substituents is 1. The highest BCUT2D eigenvalue weighted by Gasteiger charge is 2.59. The van der Waals surface area contributed by atoms with E-state index in [-0.39, 0.29) is 16.0 Å². The predicted molar refractivity (Wildman–Crippen MR) is 99.2 cm³/mol. The second-order valence-corrected chi connectivity index (χ2v) is 7.50. The monoisotopic (exact) mass is 354 g/mol. The molecule has 0 N–H and O–H groups in total. The van der Waals surface area contributed by atoms with Gasteiger partial charge < -0.3 is 14.4 Å². The Hall–Kier alpha value is -2.76. The summed E-state index contributed by atoms with van der Waals surface area (Å²) in [5.41, 5.74) is 2.50. The van der Waals surface area contributed by atoms with Crippen molar-refractivity contribution in [3.63, 3.8) is 0 Å². The van der Waals surface area contributed by atoms with Gasteiger partial charge in [0.25, 0.3) is 5.69 Å². The maximum Gasteiger partial charge on any atom is 0.269 e. The van der Waals surface area contributed by atoms with Crippen molar-refractivity contribution in [2.24, 2.45) is 0 Å². The number of aryl methyl sites for hydroxylation is 1. The minimum absolute atomic E-state index is 0.107. The molecule has 0 saturated heterocycles. The standard InChI is InChI=1S/C20H22N2O4/c1-19(2)16-12-15(25-4)6-7-17(16)21(3)20(19)10-9-13-11-14(22(23)24)5-8-18(13)26-20/h5-8,11-12H,9-10H2,1-4H3. The Morgan fingerprint density at radius 3 is 2.69 bits per heavy atom. The number of likely N-dealkylation sites (N-methyl/N-ethyl adjacent to an activating group) is 1. The highest BCUT2D eigenvalue weighted by molar-refractivity contribution is 5.67. The van der Waals surface area contributed by atoms with Gasteiger partial charge in [-0.3, -0.25) is 10.1 Å². The molecule has 1 atom stereocenters. The molecule has 2 aromatic rings. The minimum atomic E-state index is -0.537. The quantitative estimate of drug-likeness (QED) is 0.601. The highest BCUT2D eigenvalue weighted by Crippen LogP contribution is 2.56. The van der Waals surface area contributed by atoms with Crippen LogP contribution in [0.15, 0.2) is 36.4 Å². The summed E-state index contributed by atoms with van der Waals surface area (Å²) < 4.78 is 12.0. The number of anilines is 1. The number of rotatable bonds is 2. The van der Waals surface area contributed by atoms with Gasteiger partial charge >= 0.3 is 0 Å². The molecule has 0 amide bonds. The van der Waals surface area contributed by atoms with Crippen molar-refractivity contribution >= 4 is 11.4 Å². The zero-order chi connectivity index (χ0) is 18.7. The van der Waals surface area contributed by atoms with Crippen LogP contribution in [0.5, 0.6) is 11.5 Å². The van der Waals surface area contributed by atoms with E-state index in [9.17, 15) is 10.1 Å². The maximum absolute atomic E-state index is 11.0. The maximum atomic E-state index is 11.0. The van der Waals surface area contributed by atoms with E-state index in [1.807, 2.05) is 6.07 Å². The minimum Gasteiger partial charge on any atom is -0.497 e. The lowest BCUT2D eigenvalue weighted by Crippen LogP contribution is -2.60. The highest BCUT2D eigenvalue weighted by atomic mass is 16.6. The van der Waals surface area contributed by atoms with Gasteiger partial charge in [-0.25, -0.2) is 0 Å². The average molecular weight is 354 g/mol. The molecule has 0 fully saturated rings. The van der Waals surface area contributed by atoms with Crippen molar-refractivity contribution < 1.29 is 14.4 Å².